The number of nitrogens with zero attached hydrogens (tertiary/aromatic N) is 2. The maximum Gasteiger partial charge on any atom is 0.243 e. The van der Waals surface area contributed by atoms with Gasteiger partial charge in [0.2, 0.25) is 15.9 Å². The highest BCUT2D eigenvalue weighted by Gasteiger charge is 2.34. The third-order valence-electron chi connectivity index (χ3n) is 5.48. The van der Waals surface area contributed by atoms with Crippen LogP contribution in [0.5, 0.6) is 0 Å². The molecule has 1 atom stereocenters. The van der Waals surface area contributed by atoms with Crippen LogP contribution in [0.1, 0.15) is 31.2 Å². The summed E-state index contributed by atoms with van der Waals surface area (Å²) in [4.78, 5) is 15.2. The number of carbonyl (C=O) groups excluding carboxylic acids is 1. The van der Waals surface area contributed by atoms with Crippen LogP contribution in [-0.4, -0.2) is 62.8 Å². The molecule has 26 heavy (non-hydrogen) atoms. The topological polar surface area (TPSA) is 69.7 Å². The number of nitrogens with one attached hydrogen (secondary N) is 1. The van der Waals surface area contributed by atoms with Gasteiger partial charge in [-0.05, 0) is 64.9 Å². The van der Waals surface area contributed by atoms with Crippen LogP contribution in [0.2, 0.25) is 0 Å². The molecular weight excluding hydrogens is 350 g/mol. The first-order chi connectivity index (χ1) is 12.4. The van der Waals surface area contributed by atoms with E-state index in [-0.39, 0.29) is 24.4 Å². The first kappa shape index (κ1) is 19.3. The Bertz CT molecular complexity index is 725. The Morgan fingerprint density at radius 3 is 2.38 bits per heavy atom. The number of sulfonamides is 1. The maximum absolute atomic E-state index is 12.9. The summed E-state index contributed by atoms with van der Waals surface area (Å²) in [5.74, 6) is -0.257. The van der Waals surface area contributed by atoms with Gasteiger partial charge in [0.05, 0.1) is 10.8 Å². The van der Waals surface area contributed by atoms with E-state index in [0.717, 1.165) is 44.3 Å². The van der Waals surface area contributed by atoms with Crippen LogP contribution < -0.4 is 5.32 Å². The normalized spacial score (nSPS) is 23.7. The van der Waals surface area contributed by atoms with E-state index >= 15 is 0 Å². The fraction of sp³-hybridized carbons (Fsp3) is 0.632. The second kappa shape index (κ2) is 8.06. The van der Waals surface area contributed by atoms with Gasteiger partial charge in [-0.15, -0.1) is 0 Å². The van der Waals surface area contributed by atoms with E-state index in [0.29, 0.717) is 11.4 Å². The summed E-state index contributed by atoms with van der Waals surface area (Å²) in [6, 6.07) is 7.12. The molecule has 0 aliphatic carbocycles. The highest BCUT2D eigenvalue weighted by atomic mass is 32.2. The minimum Gasteiger partial charge on any atom is -0.353 e. The van der Waals surface area contributed by atoms with Gasteiger partial charge in [0.25, 0.3) is 0 Å². The quantitative estimate of drug-likeness (QED) is 0.863. The van der Waals surface area contributed by atoms with Gasteiger partial charge < -0.3 is 10.2 Å². The average molecular weight is 380 g/mol. The maximum atomic E-state index is 12.9. The molecule has 144 valence electrons. The van der Waals surface area contributed by atoms with E-state index in [4.69, 9.17) is 0 Å². The lowest BCUT2D eigenvalue weighted by Gasteiger charge is -2.34. The summed E-state index contributed by atoms with van der Waals surface area (Å²) in [7, 11) is -1.45. The summed E-state index contributed by atoms with van der Waals surface area (Å²) in [5, 5.41) is 3.14. The zero-order chi connectivity index (χ0) is 18.7. The molecule has 0 spiro atoms. The Kier molecular flexibility index (Phi) is 5.99. The van der Waals surface area contributed by atoms with Crippen LogP contribution in [0.25, 0.3) is 0 Å². The number of rotatable bonds is 4. The van der Waals surface area contributed by atoms with E-state index in [1.165, 1.54) is 4.31 Å². The molecular formula is C19H29N3O3S. The number of hydrogen-bond donors (Lipinski definition) is 1. The Balaban J connectivity index is 1.63. The van der Waals surface area contributed by atoms with Gasteiger partial charge in [-0.3, -0.25) is 4.79 Å². The molecule has 1 amide bonds. The molecule has 1 N–H and O–H groups in total. The molecule has 1 aromatic carbocycles. The molecule has 0 aromatic heterocycles. The lowest BCUT2D eigenvalue weighted by atomic mass is 9.97. The second-order valence-electron chi connectivity index (χ2n) is 7.60. The average Bonchev–Trinajstić information content (AvgIpc) is 2.64. The first-order valence-corrected chi connectivity index (χ1v) is 10.9. The van der Waals surface area contributed by atoms with Crippen molar-refractivity contribution >= 4 is 15.9 Å². The van der Waals surface area contributed by atoms with Crippen molar-refractivity contribution < 1.29 is 13.2 Å². The Morgan fingerprint density at radius 2 is 1.73 bits per heavy atom. The summed E-state index contributed by atoms with van der Waals surface area (Å²) in [6.45, 7) is 4.66. The molecule has 1 aromatic rings. The zero-order valence-corrected chi connectivity index (χ0v) is 16.5. The highest BCUT2D eigenvalue weighted by molar-refractivity contribution is 7.89. The van der Waals surface area contributed by atoms with Crippen molar-refractivity contribution in [1.82, 2.24) is 14.5 Å². The molecule has 6 nitrogen and oxygen atoms in total. The fourth-order valence-corrected chi connectivity index (χ4v) is 5.23. The van der Waals surface area contributed by atoms with Gasteiger partial charge in [0.15, 0.2) is 0 Å². The molecule has 0 radical (unpaired) electrons. The van der Waals surface area contributed by atoms with Crippen molar-refractivity contribution in [3.8, 4) is 0 Å². The number of piperidine rings is 2. The highest BCUT2D eigenvalue weighted by Crippen LogP contribution is 2.24. The summed E-state index contributed by atoms with van der Waals surface area (Å²) >= 11 is 0. The van der Waals surface area contributed by atoms with Gasteiger partial charge in [-0.25, -0.2) is 8.42 Å². The van der Waals surface area contributed by atoms with Gasteiger partial charge in [0.1, 0.15) is 0 Å². The molecule has 0 unspecified atom stereocenters. The van der Waals surface area contributed by atoms with Crippen LogP contribution in [0.4, 0.5) is 0 Å². The molecule has 2 aliphatic rings. The number of hydrogen-bond acceptors (Lipinski definition) is 4. The minimum atomic E-state index is -3.54. The van der Waals surface area contributed by atoms with Crippen LogP contribution in [0.3, 0.4) is 0 Å². The summed E-state index contributed by atoms with van der Waals surface area (Å²) < 4.78 is 27.2. The SMILES string of the molecule is Cc1ccc(S(=O)(=O)N2CCC[C@H](C(=O)NC3CCN(C)CC3)C2)cc1. The Hall–Kier alpha value is -1.44. The van der Waals surface area contributed by atoms with E-state index in [1.54, 1.807) is 24.3 Å². The van der Waals surface area contributed by atoms with E-state index < -0.39 is 10.0 Å². The number of benzene rings is 1. The van der Waals surface area contributed by atoms with Crippen molar-refractivity contribution in [2.24, 2.45) is 5.92 Å². The standard InChI is InChI=1S/C19H29N3O3S/c1-15-5-7-18(8-6-15)26(24,25)22-11-3-4-16(14-22)19(23)20-17-9-12-21(2)13-10-17/h5-8,16-17H,3-4,9-14H2,1-2H3,(H,20,23)/t16-/m0/s1. The lowest BCUT2D eigenvalue weighted by molar-refractivity contribution is -0.127. The summed E-state index contributed by atoms with van der Waals surface area (Å²) in [5.41, 5.74) is 1.03. The van der Waals surface area contributed by atoms with Crippen molar-refractivity contribution in [1.29, 1.82) is 0 Å². The molecule has 7 heteroatoms. The van der Waals surface area contributed by atoms with E-state index in [9.17, 15) is 13.2 Å². The van der Waals surface area contributed by atoms with Crippen molar-refractivity contribution in [2.75, 3.05) is 33.2 Å². The second-order valence-corrected chi connectivity index (χ2v) is 9.54. The van der Waals surface area contributed by atoms with Crippen molar-refractivity contribution in [3.63, 3.8) is 0 Å². The monoisotopic (exact) mass is 379 g/mol. The predicted octanol–water partition coefficient (Wildman–Crippen LogP) is 1.61. The van der Waals surface area contributed by atoms with Crippen LogP contribution in [0.15, 0.2) is 29.2 Å². The zero-order valence-electron chi connectivity index (χ0n) is 15.6. The number of aryl methyl sites for hydroxylation is 1. The molecule has 2 fully saturated rings. The fourth-order valence-electron chi connectivity index (χ4n) is 3.71. The van der Waals surface area contributed by atoms with Crippen LogP contribution >= 0.6 is 0 Å². The third kappa shape index (κ3) is 4.45. The van der Waals surface area contributed by atoms with E-state index in [2.05, 4.69) is 17.3 Å². The molecule has 0 saturated carbocycles. The van der Waals surface area contributed by atoms with Gasteiger partial charge in [-0.2, -0.15) is 4.31 Å². The number of carbonyl (C=O) groups is 1. The number of likely N-dealkylation sites (tertiary alicyclic amines) is 1. The van der Waals surface area contributed by atoms with Crippen molar-refractivity contribution in [3.05, 3.63) is 29.8 Å². The molecule has 2 saturated heterocycles. The summed E-state index contributed by atoms with van der Waals surface area (Å²) in [6.07, 6.45) is 3.38. The molecule has 3 rings (SSSR count). The molecule has 2 heterocycles. The number of amides is 1. The van der Waals surface area contributed by atoms with Crippen LogP contribution in [0, 0.1) is 12.8 Å². The van der Waals surface area contributed by atoms with Gasteiger partial charge in [-0.1, -0.05) is 17.7 Å². The van der Waals surface area contributed by atoms with E-state index in [1.807, 2.05) is 6.92 Å². The largest absolute Gasteiger partial charge is 0.353 e. The third-order valence-corrected chi connectivity index (χ3v) is 7.36. The Morgan fingerprint density at radius 1 is 1.08 bits per heavy atom. The lowest BCUT2D eigenvalue weighted by Crippen LogP contribution is -2.49. The van der Waals surface area contributed by atoms with Gasteiger partial charge in [0, 0.05) is 19.1 Å². The molecule has 2 aliphatic heterocycles. The Labute approximate surface area is 156 Å². The minimum absolute atomic E-state index is 0.00311. The van der Waals surface area contributed by atoms with Crippen molar-refractivity contribution in [2.45, 2.75) is 43.5 Å². The van der Waals surface area contributed by atoms with Gasteiger partial charge >= 0.3 is 0 Å². The smallest absolute Gasteiger partial charge is 0.243 e. The molecule has 0 bridgehead atoms. The predicted molar refractivity (Wildman–Crippen MR) is 101 cm³/mol. The van der Waals surface area contributed by atoms with Crippen LogP contribution in [-0.2, 0) is 14.8 Å². The first-order valence-electron chi connectivity index (χ1n) is 9.42.